The molecule has 1 aromatic rings. The first-order chi connectivity index (χ1) is 12.7. The molecule has 0 saturated carbocycles. The Kier molecular flexibility index (Phi) is 12.9. The molecule has 1 N–H and O–H groups in total. The SMILES string of the molecule is CCCCCCCCCCCCc1n(CCCC(=O)O)cc[n+]1CCC. The molecular formula is C22H41N2O2+. The minimum atomic E-state index is -0.699. The number of carboxylic acid groups (broad SMARTS) is 1. The van der Waals surface area contributed by atoms with E-state index in [2.05, 4.69) is 35.4 Å². The van der Waals surface area contributed by atoms with Crippen LogP contribution in [0.4, 0.5) is 0 Å². The van der Waals surface area contributed by atoms with Gasteiger partial charge in [0.1, 0.15) is 12.4 Å². The highest BCUT2D eigenvalue weighted by molar-refractivity contribution is 5.66. The van der Waals surface area contributed by atoms with Crippen LogP contribution in [0.15, 0.2) is 12.4 Å². The van der Waals surface area contributed by atoms with Gasteiger partial charge in [-0.1, -0.05) is 71.6 Å². The highest BCUT2D eigenvalue weighted by atomic mass is 16.4. The summed E-state index contributed by atoms with van der Waals surface area (Å²) in [5.74, 6) is 0.673. The van der Waals surface area contributed by atoms with Crippen LogP contribution in [0.25, 0.3) is 0 Å². The maximum Gasteiger partial charge on any atom is 0.303 e. The summed E-state index contributed by atoms with van der Waals surface area (Å²) in [6.45, 7) is 6.35. The van der Waals surface area contributed by atoms with Crippen LogP contribution in [0.1, 0.15) is 103 Å². The molecule has 1 heterocycles. The lowest BCUT2D eigenvalue weighted by molar-refractivity contribution is -0.703. The van der Waals surface area contributed by atoms with Crippen LogP contribution in [0.2, 0.25) is 0 Å². The molecule has 0 aromatic carbocycles. The van der Waals surface area contributed by atoms with Gasteiger partial charge in [-0.2, -0.15) is 0 Å². The molecular weight excluding hydrogens is 324 g/mol. The zero-order chi connectivity index (χ0) is 19.0. The van der Waals surface area contributed by atoms with Crippen LogP contribution in [0, 0.1) is 0 Å². The van der Waals surface area contributed by atoms with Crippen LogP contribution < -0.4 is 4.57 Å². The summed E-state index contributed by atoms with van der Waals surface area (Å²) < 4.78 is 4.63. The zero-order valence-corrected chi connectivity index (χ0v) is 17.2. The Morgan fingerprint density at radius 3 is 2.12 bits per heavy atom. The highest BCUT2D eigenvalue weighted by Crippen LogP contribution is 2.12. The van der Waals surface area contributed by atoms with Gasteiger partial charge < -0.3 is 5.11 Å². The molecule has 150 valence electrons. The molecule has 0 spiro atoms. The molecule has 0 aliphatic carbocycles. The van der Waals surface area contributed by atoms with Gasteiger partial charge in [-0.05, 0) is 19.3 Å². The largest absolute Gasteiger partial charge is 0.481 e. The van der Waals surface area contributed by atoms with Crippen LogP contribution in [-0.4, -0.2) is 15.6 Å². The highest BCUT2D eigenvalue weighted by Gasteiger charge is 2.16. The quantitative estimate of drug-likeness (QED) is 0.292. The maximum absolute atomic E-state index is 10.7. The molecule has 0 unspecified atom stereocenters. The van der Waals surface area contributed by atoms with Crippen molar-refractivity contribution in [2.75, 3.05) is 0 Å². The van der Waals surface area contributed by atoms with Gasteiger partial charge in [0.25, 0.3) is 5.82 Å². The lowest BCUT2D eigenvalue weighted by Gasteiger charge is -2.05. The van der Waals surface area contributed by atoms with Crippen LogP contribution in [-0.2, 0) is 24.3 Å². The first-order valence-electron chi connectivity index (χ1n) is 11.0. The van der Waals surface area contributed by atoms with Crippen LogP contribution in [0.3, 0.4) is 0 Å². The van der Waals surface area contributed by atoms with E-state index in [1.54, 1.807) is 0 Å². The van der Waals surface area contributed by atoms with Gasteiger partial charge in [0.2, 0.25) is 0 Å². The number of aliphatic carboxylic acids is 1. The second-order valence-electron chi connectivity index (χ2n) is 7.53. The molecule has 0 aliphatic heterocycles. The number of nitrogens with zero attached hydrogens (tertiary/aromatic N) is 2. The minimum absolute atomic E-state index is 0.254. The molecule has 0 saturated heterocycles. The summed E-state index contributed by atoms with van der Waals surface area (Å²) in [6.07, 6.45) is 21.1. The molecule has 0 bridgehead atoms. The zero-order valence-electron chi connectivity index (χ0n) is 17.2. The predicted molar refractivity (Wildman–Crippen MR) is 107 cm³/mol. The summed E-state index contributed by atoms with van der Waals surface area (Å²) in [5.41, 5.74) is 0. The summed E-state index contributed by atoms with van der Waals surface area (Å²) in [5, 5.41) is 8.84. The third-order valence-corrected chi connectivity index (χ3v) is 5.10. The van der Waals surface area contributed by atoms with E-state index in [0.717, 1.165) is 25.9 Å². The van der Waals surface area contributed by atoms with Crippen molar-refractivity contribution >= 4 is 5.97 Å². The van der Waals surface area contributed by atoms with E-state index in [9.17, 15) is 4.79 Å². The third kappa shape index (κ3) is 9.98. The summed E-state index contributed by atoms with van der Waals surface area (Å²) in [6, 6.07) is 0. The normalized spacial score (nSPS) is 11.2. The molecule has 1 aromatic heterocycles. The van der Waals surface area contributed by atoms with Gasteiger partial charge in [0, 0.05) is 12.8 Å². The number of imidazole rings is 1. The summed E-state index contributed by atoms with van der Waals surface area (Å²) in [4.78, 5) is 10.7. The fraction of sp³-hybridized carbons (Fsp3) is 0.818. The molecule has 0 fully saturated rings. The third-order valence-electron chi connectivity index (χ3n) is 5.10. The van der Waals surface area contributed by atoms with Gasteiger partial charge >= 0.3 is 5.97 Å². The van der Waals surface area contributed by atoms with E-state index in [-0.39, 0.29) is 6.42 Å². The topological polar surface area (TPSA) is 46.1 Å². The smallest absolute Gasteiger partial charge is 0.303 e. The molecule has 4 heteroatoms. The Labute approximate surface area is 160 Å². The number of aromatic nitrogens is 2. The van der Waals surface area contributed by atoms with Crippen molar-refractivity contribution in [2.45, 2.75) is 117 Å². The Morgan fingerprint density at radius 2 is 1.54 bits per heavy atom. The number of aryl methyl sites for hydroxylation is 2. The van der Waals surface area contributed by atoms with Gasteiger partial charge in [-0.15, -0.1) is 0 Å². The summed E-state index contributed by atoms with van der Waals surface area (Å²) >= 11 is 0. The minimum Gasteiger partial charge on any atom is -0.481 e. The second kappa shape index (κ2) is 14.8. The fourth-order valence-electron chi connectivity index (χ4n) is 3.60. The molecule has 1 rings (SSSR count). The first kappa shape index (κ1) is 22.7. The van der Waals surface area contributed by atoms with E-state index >= 15 is 0 Å². The molecule has 0 aliphatic rings. The average molecular weight is 366 g/mol. The van der Waals surface area contributed by atoms with Crippen LogP contribution in [0.5, 0.6) is 0 Å². The Morgan fingerprint density at radius 1 is 0.923 bits per heavy atom. The number of unbranched alkanes of at least 4 members (excludes halogenated alkanes) is 9. The van der Waals surface area contributed by atoms with E-state index in [1.807, 2.05) is 0 Å². The lowest BCUT2D eigenvalue weighted by Crippen LogP contribution is -2.37. The number of carbonyl (C=O) groups is 1. The molecule has 0 radical (unpaired) electrons. The van der Waals surface area contributed by atoms with E-state index in [0.29, 0.717) is 6.42 Å². The number of carboxylic acids is 1. The molecule has 4 nitrogen and oxygen atoms in total. The first-order valence-corrected chi connectivity index (χ1v) is 11.0. The van der Waals surface area contributed by atoms with Gasteiger partial charge in [0.15, 0.2) is 0 Å². The average Bonchev–Trinajstić information content (AvgIpc) is 2.98. The Hall–Kier alpha value is -1.32. The van der Waals surface area contributed by atoms with Crippen molar-refractivity contribution in [3.8, 4) is 0 Å². The fourth-order valence-corrected chi connectivity index (χ4v) is 3.60. The van der Waals surface area contributed by atoms with Crippen molar-refractivity contribution in [2.24, 2.45) is 0 Å². The standard InChI is InChI=1S/C22H40N2O2/c1-3-5-6-7-8-9-10-11-12-13-15-21-23(17-4-2)19-20-24(21)18-14-16-22(25)26/h19-20H,3-18H2,1-2H3/p+1. The lowest BCUT2D eigenvalue weighted by atomic mass is 10.1. The summed E-state index contributed by atoms with van der Waals surface area (Å²) in [7, 11) is 0. The van der Waals surface area contributed by atoms with Crippen molar-refractivity contribution in [3.05, 3.63) is 18.2 Å². The Balaban J connectivity index is 2.26. The van der Waals surface area contributed by atoms with E-state index < -0.39 is 5.97 Å². The molecule has 0 atom stereocenters. The van der Waals surface area contributed by atoms with Gasteiger partial charge in [0.05, 0.1) is 13.1 Å². The van der Waals surface area contributed by atoms with E-state index in [4.69, 9.17) is 5.11 Å². The van der Waals surface area contributed by atoms with Gasteiger partial charge in [-0.25, -0.2) is 9.13 Å². The monoisotopic (exact) mass is 365 g/mol. The molecule has 0 amide bonds. The molecule has 26 heavy (non-hydrogen) atoms. The Bertz CT molecular complexity index is 482. The van der Waals surface area contributed by atoms with E-state index in [1.165, 1.54) is 70.0 Å². The number of hydrogen-bond acceptors (Lipinski definition) is 1. The number of hydrogen-bond donors (Lipinski definition) is 1. The predicted octanol–water partition coefficient (Wildman–Crippen LogP) is 5.51. The second-order valence-corrected chi connectivity index (χ2v) is 7.53. The number of rotatable bonds is 17. The van der Waals surface area contributed by atoms with Crippen molar-refractivity contribution in [1.82, 2.24) is 4.57 Å². The van der Waals surface area contributed by atoms with Crippen LogP contribution >= 0.6 is 0 Å². The van der Waals surface area contributed by atoms with Gasteiger partial charge in [-0.3, -0.25) is 4.79 Å². The van der Waals surface area contributed by atoms with Crippen molar-refractivity contribution < 1.29 is 14.5 Å². The van der Waals surface area contributed by atoms with Crippen molar-refractivity contribution in [3.63, 3.8) is 0 Å². The van der Waals surface area contributed by atoms with Crippen molar-refractivity contribution in [1.29, 1.82) is 0 Å². The maximum atomic E-state index is 10.7.